The number of rotatable bonds is 3. The molecule has 1 rings (SSSR count). The van der Waals surface area contributed by atoms with Crippen molar-refractivity contribution < 1.29 is 9.90 Å². The zero-order valence-corrected chi connectivity index (χ0v) is 10.5. The van der Waals surface area contributed by atoms with Gasteiger partial charge in [-0.05, 0) is 24.7 Å². The van der Waals surface area contributed by atoms with Gasteiger partial charge in [0.05, 0.1) is 12.1 Å². The topological polar surface area (TPSA) is 66.6 Å². The molecule has 0 spiro atoms. The molecule has 1 heterocycles. The number of hydrogen-bond donors (Lipinski definition) is 2. The van der Waals surface area contributed by atoms with Crippen LogP contribution >= 0.6 is 0 Å². The number of hydrogen-bond acceptors (Lipinski definition) is 3. The summed E-state index contributed by atoms with van der Waals surface area (Å²) in [6.07, 6.45) is 1.12. The predicted molar refractivity (Wildman–Crippen MR) is 63.8 cm³/mol. The van der Waals surface area contributed by atoms with Crippen LogP contribution < -0.4 is 5.73 Å². The van der Waals surface area contributed by atoms with Gasteiger partial charge in [0.1, 0.15) is 0 Å². The van der Waals surface area contributed by atoms with Gasteiger partial charge in [-0.15, -0.1) is 0 Å². The number of aliphatic hydroxyl groups excluding tert-OH is 1. The Kier molecular flexibility index (Phi) is 4.74. The normalized spacial score (nSPS) is 28.2. The Morgan fingerprint density at radius 1 is 1.56 bits per heavy atom. The lowest BCUT2D eigenvalue weighted by molar-refractivity contribution is -0.136. The maximum atomic E-state index is 12.0. The first-order valence-corrected chi connectivity index (χ1v) is 6.14. The molecule has 94 valence electrons. The molecule has 0 aliphatic carbocycles. The summed E-state index contributed by atoms with van der Waals surface area (Å²) in [5.41, 5.74) is 5.88. The zero-order chi connectivity index (χ0) is 12.3. The van der Waals surface area contributed by atoms with Gasteiger partial charge in [0.2, 0.25) is 5.91 Å². The highest BCUT2D eigenvalue weighted by molar-refractivity contribution is 5.81. The fourth-order valence-corrected chi connectivity index (χ4v) is 2.18. The van der Waals surface area contributed by atoms with E-state index in [0.717, 1.165) is 6.42 Å². The van der Waals surface area contributed by atoms with Gasteiger partial charge in [-0.1, -0.05) is 20.8 Å². The second-order valence-electron chi connectivity index (χ2n) is 5.35. The fraction of sp³-hybridized carbons (Fsp3) is 0.917. The molecule has 16 heavy (non-hydrogen) atoms. The molecule has 1 amide bonds. The highest BCUT2D eigenvalue weighted by atomic mass is 16.3. The van der Waals surface area contributed by atoms with Crippen LogP contribution in [0.25, 0.3) is 0 Å². The number of piperidine rings is 1. The molecule has 1 aliphatic heterocycles. The molecule has 0 saturated carbocycles. The Balaban J connectivity index is 2.48. The summed E-state index contributed by atoms with van der Waals surface area (Å²) in [5, 5.41) is 9.59. The molecular formula is C12H24N2O2. The van der Waals surface area contributed by atoms with Crippen molar-refractivity contribution >= 4 is 5.91 Å². The molecule has 3 atom stereocenters. The summed E-state index contributed by atoms with van der Waals surface area (Å²) in [7, 11) is 0. The van der Waals surface area contributed by atoms with E-state index in [4.69, 9.17) is 5.73 Å². The Labute approximate surface area is 97.8 Å². The van der Waals surface area contributed by atoms with Crippen molar-refractivity contribution in [1.29, 1.82) is 0 Å². The van der Waals surface area contributed by atoms with Crippen LogP contribution in [-0.4, -0.2) is 41.1 Å². The molecule has 0 aromatic heterocycles. The molecule has 1 saturated heterocycles. The molecule has 1 fully saturated rings. The van der Waals surface area contributed by atoms with E-state index in [0.29, 0.717) is 25.4 Å². The number of nitrogens with zero attached hydrogens (tertiary/aromatic N) is 1. The third kappa shape index (κ3) is 3.46. The summed E-state index contributed by atoms with van der Waals surface area (Å²) in [6.45, 7) is 7.37. The van der Waals surface area contributed by atoms with Crippen molar-refractivity contribution in [2.24, 2.45) is 17.6 Å². The van der Waals surface area contributed by atoms with Gasteiger partial charge in [0, 0.05) is 13.1 Å². The largest absolute Gasteiger partial charge is 0.393 e. The van der Waals surface area contributed by atoms with Crippen LogP contribution in [0, 0.1) is 11.8 Å². The van der Waals surface area contributed by atoms with E-state index in [1.807, 2.05) is 6.92 Å². The van der Waals surface area contributed by atoms with Gasteiger partial charge in [-0.25, -0.2) is 0 Å². The first-order chi connectivity index (χ1) is 7.41. The molecule has 4 heteroatoms. The Hall–Kier alpha value is -0.610. The summed E-state index contributed by atoms with van der Waals surface area (Å²) in [6, 6.07) is -0.387. The molecule has 4 nitrogen and oxygen atoms in total. The van der Waals surface area contributed by atoms with E-state index < -0.39 is 0 Å². The second kappa shape index (κ2) is 5.64. The Bertz CT molecular complexity index is 243. The first kappa shape index (κ1) is 13.5. The van der Waals surface area contributed by atoms with Crippen molar-refractivity contribution in [3.05, 3.63) is 0 Å². The van der Waals surface area contributed by atoms with Crippen LogP contribution in [-0.2, 0) is 4.79 Å². The highest BCUT2D eigenvalue weighted by Gasteiger charge is 2.29. The van der Waals surface area contributed by atoms with Gasteiger partial charge in [0.15, 0.2) is 0 Å². The summed E-state index contributed by atoms with van der Waals surface area (Å²) >= 11 is 0. The smallest absolute Gasteiger partial charge is 0.239 e. The molecule has 3 unspecified atom stereocenters. The number of aliphatic hydroxyl groups is 1. The summed E-state index contributed by atoms with van der Waals surface area (Å²) in [5.74, 6) is 0.628. The lowest BCUT2D eigenvalue weighted by atomic mass is 9.95. The van der Waals surface area contributed by atoms with Crippen LogP contribution in [0.15, 0.2) is 0 Å². The van der Waals surface area contributed by atoms with Crippen molar-refractivity contribution in [2.75, 3.05) is 13.1 Å². The average Bonchev–Trinajstić information content (AvgIpc) is 2.20. The first-order valence-electron chi connectivity index (χ1n) is 6.14. The fourth-order valence-electron chi connectivity index (χ4n) is 2.18. The number of nitrogens with two attached hydrogens (primary N) is 1. The lowest BCUT2D eigenvalue weighted by Gasteiger charge is -2.35. The molecule has 0 bridgehead atoms. The zero-order valence-electron chi connectivity index (χ0n) is 10.5. The lowest BCUT2D eigenvalue weighted by Crippen LogP contribution is -2.51. The van der Waals surface area contributed by atoms with Crippen LogP contribution in [0.5, 0.6) is 0 Å². The van der Waals surface area contributed by atoms with Gasteiger partial charge in [-0.3, -0.25) is 4.79 Å². The monoisotopic (exact) mass is 228 g/mol. The maximum Gasteiger partial charge on any atom is 0.239 e. The van der Waals surface area contributed by atoms with Gasteiger partial charge in [0.25, 0.3) is 0 Å². The summed E-state index contributed by atoms with van der Waals surface area (Å²) < 4.78 is 0. The van der Waals surface area contributed by atoms with E-state index in [9.17, 15) is 9.90 Å². The van der Waals surface area contributed by atoms with Crippen molar-refractivity contribution in [3.63, 3.8) is 0 Å². The van der Waals surface area contributed by atoms with Gasteiger partial charge in [-0.2, -0.15) is 0 Å². The Morgan fingerprint density at radius 3 is 2.69 bits per heavy atom. The predicted octanol–water partition coefficient (Wildman–Crippen LogP) is 0.589. The molecule has 0 aromatic rings. The van der Waals surface area contributed by atoms with E-state index in [1.54, 1.807) is 4.90 Å². The standard InChI is InChI=1S/C12H24N2O2/c1-8(2)6-10(13)12(16)14-5-4-11(15)9(3)7-14/h8-11,15H,4-7,13H2,1-3H3. The summed E-state index contributed by atoms with van der Waals surface area (Å²) in [4.78, 5) is 13.8. The minimum Gasteiger partial charge on any atom is -0.393 e. The SMILES string of the molecule is CC(C)CC(N)C(=O)N1CCC(O)C(C)C1. The van der Waals surface area contributed by atoms with Gasteiger partial charge >= 0.3 is 0 Å². The molecule has 0 aromatic carbocycles. The van der Waals surface area contributed by atoms with Crippen LogP contribution in [0.4, 0.5) is 0 Å². The van der Waals surface area contributed by atoms with Crippen LogP contribution in [0.1, 0.15) is 33.6 Å². The van der Waals surface area contributed by atoms with E-state index >= 15 is 0 Å². The number of carbonyl (C=O) groups is 1. The van der Waals surface area contributed by atoms with Gasteiger partial charge < -0.3 is 15.7 Å². The Morgan fingerprint density at radius 2 is 2.19 bits per heavy atom. The number of amides is 1. The maximum absolute atomic E-state index is 12.0. The van der Waals surface area contributed by atoms with Crippen LogP contribution in [0.2, 0.25) is 0 Å². The minimum atomic E-state index is -0.387. The molecule has 1 aliphatic rings. The van der Waals surface area contributed by atoms with E-state index in [1.165, 1.54) is 0 Å². The van der Waals surface area contributed by atoms with Crippen molar-refractivity contribution in [2.45, 2.75) is 45.8 Å². The van der Waals surface area contributed by atoms with Crippen LogP contribution in [0.3, 0.4) is 0 Å². The molecular weight excluding hydrogens is 204 g/mol. The third-order valence-corrected chi connectivity index (χ3v) is 3.21. The molecule has 0 radical (unpaired) electrons. The quantitative estimate of drug-likeness (QED) is 0.743. The highest BCUT2D eigenvalue weighted by Crippen LogP contribution is 2.18. The van der Waals surface area contributed by atoms with E-state index in [-0.39, 0.29) is 24.0 Å². The van der Waals surface area contributed by atoms with Crippen molar-refractivity contribution in [1.82, 2.24) is 4.90 Å². The average molecular weight is 228 g/mol. The van der Waals surface area contributed by atoms with Crippen molar-refractivity contribution in [3.8, 4) is 0 Å². The number of likely N-dealkylation sites (tertiary alicyclic amines) is 1. The number of carbonyl (C=O) groups excluding carboxylic acids is 1. The second-order valence-corrected chi connectivity index (χ2v) is 5.35. The third-order valence-electron chi connectivity index (χ3n) is 3.21. The molecule has 3 N–H and O–H groups in total. The van der Waals surface area contributed by atoms with E-state index in [2.05, 4.69) is 13.8 Å². The minimum absolute atomic E-state index is 0.0347.